The van der Waals surface area contributed by atoms with Gasteiger partial charge < -0.3 is 14.0 Å². The van der Waals surface area contributed by atoms with Gasteiger partial charge in [0.15, 0.2) is 5.17 Å². The molecule has 1 aliphatic rings. The lowest BCUT2D eigenvalue weighted by Crippen LogP contribution is -2.32. The first-order chi connectivity index (χ1) is 12.6. The normalized spacial score (nSPS) is 17.5. The predicted octanol–water partition coefficient (Wildman–Crippen LogP) is 3.28. The van der Waals surface area contributed by atoms with Crippen LogP contribution in [0.25, 0.3) is 6.08 Å². The van der Waals surface area contributed by atoms with Gasteiger partial charge in [-0.15, -0.1) is 0 Å². The van der Waals surface area contributed by atoms with Crippen LogP contribution in [-0.2, 0) is 16.6 Å². The highest BCUT2D eigenvalue weighted by Crippen LogP contribution is 2.34. The van der Waals surface area contributed by atoms with E-state index in [1.165, 1.54) is 11.8 Å². The van der Waals surface area contributed by atoms with Gasteiger partial charge in [0.2, 0.25) is 0 Å². The topological polar surface area (TPSA) is 56.1 Å². The monoisotopic (exact) mass is 371 g/mol. The Bertz CT molecular complexity index is 840. The van der Waals surface area contributed by atoms with Gasteiger partial charge in [-0.3, -0.25) is 9.69 Å². The summed E-state index contributed by atoms with van der Waals surface area (Å²) in [5, 5.41) is 0.651. The van der Waals surface area contributed by atoms with E-state index in [9.17, 15) is 4.79 Å². The van der Waals surface area contributed by atoms with Gasteiger partial charge in [-0.05, 0) is 54.2 Å². The number of aliphatic imine (C=N–C) groups is 1. The van der Waals surface area contributed by atoms with Crippen LogP contribution in [0.1, 0.15) is 5.69 Å². The van der Waals surface area contributed by atoms with E-state index in [-0.39, 0.29) is 5.91 Å². The average molecular weight is 371 g/mol. The first kappa shape index (κ1) is 18.3. The van der Waals surface area contributed by atoms with E-state index >= 15 is 0 Å². The zero-order chi connectivity index (χ0) is 18.5. The lowest BCUT2D eigenvalue weighted by atomic mass is 10.3. The molecule has 0 unspecified atom stereocenters. The van der Waals surface area contributed by atoms with Crippen molar-refractivity contribution in [1.29, 1.82) is 0 Å². The molecule has 136 valence electrons. The maximum Gasteiger partial charge on any atom is 0.266 e. The van der Waals surface area contributed by atoms with Crippen LogP contribution in [0.15, 0.2) is 52.5 Å². The second kappa shape index (κ2) is 8.25. The maximum absolute atomic E-state index is 12.8. The van der Waals surface area contributed by atoms with Crippen LogP contribution < -0.4 is 4.74 Å². The average Bonchev–Trinajstić information content (AvgIpc) is 3.18. The van der Waals surface area contributed by atoms with E-state index in [1.54, 1.807) is 19.1 Å². The Labute approximate surface area is 157 Å². The molecule has 0 N–H and O–H groups in total. The van der Waals surface area contributed by atoms with Crippen LogP contribution in [0.5, 0.6) is 5.75 Å². The van der Waals surface area contributed by atoms with E-state index in [2.05, 4.69) is 4.99 Å². The minimum atomic E-state index is -0.0551. The van der Waals surface area contributed by atoms with E-state index in [0.29, 0.717) is 23.2 Å². The number of methoxy groups -OCH3 is 2. The van der Waals surface area contributed by atoms with E-state index in [4.69, 9.17) is 9.47 Å². The summed E-state index contributed by atoms with van der Waals surface area (Å²) in [4.78, 5) is 19.8. The molecule has 2 aromatic rings. The van der Waals surface area contributed by atoms with Crippen molar-refractivity contribution in [2.45, 2.75) is 0 Å². The summed E-state index contributed by atoms with van der Waals surface area (Å²) >= 11 is 1.38. The molecule has 0 atom stereocenters. The lowest BCUT2D eigenvalue weighted by molar-refractivity contribution is -0.122. The molecule has 0 aliphatic carbocycles. The van der Waals surface area contributed by atoms with Crippen LogP contribution in [0.4, 0.5) is 5.69 Å². The summed E-state index contributed by atoms with van der Waals surface area (Å²) in [7, 11) is 5.19. The van der Waals surface area contributed by atoms with Gasteiger partial charge in [0.05, 0.1) is 30.9 Å². The summed E-state index contributed by atoms with van der Waals surface area (Å²) in [6.07, 6.45) is 3.84. The Morgan fingerprint density at radius 1 is 1.19 bits per heavy atom. The molecule has 7 heteroatoms. The molecular weight excluding hydrogens is 350 g/mol. The number of benzene rings is 1. The number of amidine groups is 1. The number of aromatic nitrogens is 1. The zero-order valence-electron chi connectivity index (χ0n) is 15.0. The van der Waals surface area contributed by atoms with Crippen LogP contribution in [0.2, 0.25) is 0 Å². The number of ether oxygens (including phenoxy) is 2. The first-order valence-corrected chi connectivity index (χ1v) is 8.98. The minimum absolute atomic E-state index is 0.0551. The smallest absolute Gasteiger partial charge is 0.266 e. The summed E-state index contributed by atoms with van der Waals surface area (Å²) in [5.74, 6) is 0.713. The fourth-order valence-electron chi connectivity index (χ4n) is 2.50. The standard InChI is InChI=1S/C19H21N3O3S/c1-21-10-4-5-15(21)13-17-18(23)22(11-12-24-2)19(26-17)20-14-6-8-16(25-3)9-7-14/h4-10,13H,11-12H2,1-3H3/b17-13-,20-19?. The van der Waals surface area contributed by atoms with Crippen LogP contribution in [0, 0.1) is 0 Å². The number of carbonyl (C=O) groups is 1. The highest BCUT2D eigenvalue weighted by atomic mass is 32.2. The van der Waals surface area contributed by atoms with Crippen molar-refractivity contribution in [2.75, 3.05) is 27.4 Å². The molecule has 3 rings (SSSR count). The molecule has 26 heavy (non-hydrogen) atoms. The van der Waals surface area contributed by atoms with Crippen molar-refractivity contribution in [3.63, 3.8) is 0 Å². The highest BCUT2D eigenvalue weighted by molar-refractivity contribution is 8.18. The molecule has 1 aromatic carbocycles. The quantitative estimate of drug-likeness (QED) is 0.731. The Kier molecular flexibility index (Phi) is 5.80. The number of carbonyl (C=O) groups excluding carboxylic acids is 1. The summed E-state index contributed by atoms with van der Waals surface area (Å²) < 4.78 is 12.3. The van der Waals surface area contributed by atoms with Crippen molar-refractivity contribution in [3.8, 4) is 5.75 Å². The van der Waals surface area contributed by atoms with Gasteiger partial charge in [-0.25, -0.2) is 4.99 Å². The van der Waals surface area contributed by atoms with Crippen LogP contribution in [0.3, 0.4) is 0 Å². The predicted molar refractivity (Wildman–Crippen MR) is 105 cm³/mol. The van der Waals surface area contributed by atoms with Gasteiger partial charge >= 0.3 is 0 Å². The third-order valence-electron chi connectivity index (χ3n) is 3.97. The number of thioether (sulfide) groups is 1. The fourth-order valence-corrected chi connectivity index (χ4v) is 3.51. The lowest BCUT2D eigenvalue weighted by Gasteiger charge is -2.14. The third kappa shape index (κ3) is 4.00. The molecule has 0 bridgehead atoms. The van der Waals surface area contributed by atoms with Gasteiger partial charge in [0.25, 0.3) is 5.91 Å². The molecule has 1 aromatic heterocycles. The maximum atomic E-state index is 12.8. The van der Waals surface area contributed by atoms with Crippen molar-refractivity contribution in [3.05, 3.63) is 53.2 Å². The summed E-state index contributed by atoms with van der Waals surface area (Å²) in [6, 6.07) is 11.3. The van der Waals surface area contributed by atoms with E-state index < -0.39 is 0 Å². The van der Waals surface area contributed by atoms with Gasteiger partial charge in [0.1, 0.15) is 5.75 Å². The Morgan fingerprint density at radius 2 is 1.96 bits per heavy atom. The van der Waals surface area contributed by atoms with Crippen molar-refractivity contribution in [2.24, 2.45) is 12.0 Å². The molecule has 6 nitrogen and oxygen atoms in total. The second-order valence-electron chi connectivity index (χ2n) is 5.70. The number of rotatable bonds is 6. The molecule has 0 spiro atoms. The number of nitrogens with zero attached hydrogens (tertiary/aromatic N) is 3. The van der Waals surface area contributed by atoms with Crippen molar-refractivity contribution >= 4 is 34.6 Å². The van der Waals surface area contributed by atoms with Gasteiger partial charge in [0, 0.05) is 26.0 Å². The van der Waals surface area contributed by atoms with E-state index in [1.807, 2.05) is 60.3 Å². The van der Waals surface area contributed by atoms with Gasteiger partial charge in [-0.1, -0.05) is 0 Å². The highest BCUT2D eigenvalue weighted by Gasteiger charge is 2.33. The number of amides is 1. The third-order valence-corrected chi connectivity index (χ3v) is 4.97. The summed E-state index contributed by atoms with van der Waals surface area (Å²) in [5.41, 5.74) is 1.74. The molecule has 0 saturated carbocycles. The molecule has 1 aliphatic heterocycles. The first-order valence-electron chi connectivity index (χ1n) is 8.17. The molecule has 2 heterocycles. The largest absolute Gasteiger partial charge is 0.497 e. The Morgan fingerprint density at radius 3 is 2.58 bits per heavy atom. The minimum Gasteiger partial charge on any atom is -0.497 e. The number of aryl methyl sites for hydroxylation is 1. The molecular formula is C19H21N3O3S. The Balaban J connectivity index is 1.91. The molecule has 1 fully saturated rings. The van der Waals surface area contributed by atoms with Crippen LogP contribution in [-0.4, -0.2) is 47.9 Å². The zero-order valence-corrected chi connectivity index (χ0v) is 15.8. The summed E-state index contributed by atoms with van der Waals surface area (Å²) in [6.45, 7) is 0.910. The fraction of sp³-hybridized carbons (Fsp3) is 0.263. The molecule has 1 saturated heterocycles. The second-order valence-corrected chi connectivity index (χ2v) is 6.71. The Hall–Kier alpha value is -2.51. The van der Waals surface area contributed by atoms with Crippen LogP contribution >= 0.6 is 11.8 Å². The molecule has 1 amide bonds. The van der Waals surface area contributed by atoms with Crippen molar-refractivity contribution < 1.29 is 14.3 Å². The SMILES string of the molecule is COCCN1C(=O)/C(=C/c2cccn2C)SC1=Nc1ccc(OC)cc1. The van der Waals surface area contributed by atoms with Crippen molar-refractivity contribution in [1.82, 2.24) is 9.47 Å². The number of hydrogen-bond acceptors (Lipinski definition) is 5. The molecule has 0 radical (unpaired) electrons. The van der Waals surface area contributed by atoms with Gasteiger partial charge in [-0.2, -0.15) is 0 Å². The number of hydrogen-bond donors (Lipinski definition) is 0. The van der Waals surface area contributed by atoms with E-state index in [0.717, 1.165) is 17.1 Å².